The minimum atomic E-state index is -0.414. The Balaban J connectivity index is 1.94. The van der Waals surface area contributed by atoms with Crippen LogP contribution >= 0.6 is 0 Å². The monoisotopic (exact) mass is 263 g/mol. The number of nitrogens with zero attached hydrogens (tertiary/aromatic N) is 1. The van der Waals surface area contributed by atoms with E-state index >= 15 is 0 Å². The van der Waals surface area contributed by atoms with Crippen molar-refractivity contribution >= 4 is 11.5 Å². The largest absolute Gasteiger partial charge is 0.493 e. The van der Waals surface area contributed by atoms with Crippen molar-refractivity contribution in [1.29, 1.82) is 0 Å². The quantitative estimate of drug-likeness (QED) is 0.604. The van der Waals surface area contributed by atoms with Gasteiger partial charge in [-0.3, -0.25) is 14.9 Å². The van der Waals surface area contributed by atoms with E-state index in [0.717, 1.165) is 12.8 Å². The van der Waals surface area contributed by atoms with E-state index in [1.165, 1.54) is 6.07 Å². The number of benzene rings is 1. The molecule has 0 aliphatic heterocycles. The highest BCUT2D eigenvalue weighted by Crippen LogP contribution is 2.28. The maximum atomic E-state index is 11.5. The van der Waals surface area contributed by atoms with Crippen LogP contribution in [0.3, 0.4) is 0 Å². The Labute approximate surface area is 111 Å². The lowest BCUT2D eigenvalue weighted by atomic mass is 10.0. The fraction of sp³-hybridized carbons (Fsp3) is 0.500. The Bertz CT molecular complexity index is 498. The highest BCUT2D eigenvalue weighted by molar-refractivity contribution is 5.82. The van der Waals surface area contributed by atoms with E-state index in [9.17, 15) is 14.9 Å². The summed E-state index contributed by atoms with van der Waals surface area (Å²) >= 11 is 0. The second-order valence-corrected chi connectivity index (χ2v) is 4.85. The first-order valence-electron chi connectivity index (χ1n) is 6.49. The van der Waals surface area contributed by atoms with Gasteiger partial charge in [0.05, 0.1) is 17.1 Å². The van der Waals surface area contributed by atoms with Crippen molar-refractivity contribution in [2.75, 3.05) is 6.61 Å². The van der Waals surface area contributed by atoms with E-state index in [-0.39, 0.29) is 11.6 Å². The van der Waals surface area contributed by atoms with Crippen LogP contribution in [0.4, 0.5) is 5.69 Å². The highest BCUT2D eigenvalue weighted by atomic mass is 16.6. The van der Waals surface area contributed by atoms with Crippen LogP contribution in [0.15, 0.2) is 18.2 Å². The van der Waals surface area contributed by atoms with Crippen LogP contribution in [0.25, 0.3) is 0 Å². The van der Waals surface area contributed by atoms with E-state index < -0.39 is 4.92 Å². The summed E-state index contributed by atoms with van der Waals surface area (Å²) in [6.07, 6.45) is 3.29. The number of ether oxygens (including phenoxy) is 1. The van der Waals surface area contributed by atoms with Crippen LogP contribution in [0.1, 0.15) is 31.2 Å². The summed E-state index contributed by atoms with van der Waals surface area (Å²) < 4.78 is 5.58. The van der Waals surface area contributed by atoms with E-state index in [1.54, 1.807) is 19.1 Å². The predicted molar refractivity (Wildman–Crippen MR) is 70.3 cm³/mol. The molecule has 0 bridgehead atoms. The molecule has 0 spiro atoms. The fourth-order valence-electron chi connectivity index (χ4n) is 2.46. The zero-order valence-corrected chi connectivity index (χ0v) is 10.9. The number of hydrogen-bond donors (Lipinski definition) is 0. The lowest BCUT2D eigenvalue weighted by Gasteiger charge is -2.11. The summed E-state index contributed by atoms with van der Waals surface area (Å²) in [7, 11) is 0. The molecule has 1 aliphatic rings. The smallest absolute Gasteiger partial charge is 0.276 e. The standard InChI is InChI=1S/C14H17NO4/c1-10-12(15(17)18)5-3-7-14(10)19-9-8-11-4-2-6-13(11)16/h3,5,7,11H,2,4,6,8-9H2,1H3. The van der Waals surface area contributed by atoms with Crippen molar-refractivity contribution in [2.45, 2.75) is 32.6 Å². The summed E-state index contributed by atoms with van der Waals surface area (Å²) in [4.78, 5) is 21.9. The van der Waals surface area contributed by atoms with Crippen molar-refractivity contribution in [1.82, 2.24) is 0 Å². The summed E-state index contributed by atoms with van der Waals surface area (Å²) in [6, 6.07) is 4.79. The average Bonchev–Trinajstić information content (AvgIpc) is 2.77. The van der Waals surface area contributed by atoms with E-state index in [2.05, 4.69) is 0 Å². The van der Waals surface area contributed by atoms with Gasteiger partial charge < -0.3 is 4.74 Å². The van der Waals surface area contributed by atoms with Crippen molar-refractivity contribution in [3.63, 3.8) is 0 Å². The zero-order chi connectivity index (χ0) is 13.8. The molecule has 5 heteroatoms. The van der Waals surface area contributed by atoms with Crippen LogP contribution < -0.4 is 4.74 Å². The third kappa shape index (κ3) is 3.10. The average molecular weight is 263 g/mol. The molecule has 0 radical (unpaired) electrons. The summed E-state index contributed by atoms with van der Waals surface area (Å²) in [5.74, 6) is 0.956. The number of hydrogen-bond acceptors (Lipinski definition) is 4. The minimum Gasteiger partial charge on any atom is -0.493 e. The molecule has 102 valence electrons. The number of carbonyl (C=O) groups excluding carboxylic acids is 1. The molecule has 1 unspecified atom stereocenters. The Morgan fingerprint density at radius 1 is 1.47 bits per heavy atom. The molecule has 0 saturated heterocycles. The van der Waals surface area contributed by atoms with Gasteiger partial charge in [0.2, 0.25) is 0 Å². The Hall–Kier alpha value is -1.91. The Morgan fingerprint density at radius 3 is 2.89 bits per heavy atom. The van der Waals surface area contributed by atoms with Gasteiger partial charge in [0, 0.05) is 18.4 Å². The first-order chi connectivity index (χ1) is 9.09. The van der Waals surface area contributed by atoms with Crippen molar-refractivity contribution in [3.8, 4) is 5.75 Å². The third-order valence-corrected chi connectivity index (χ3v) is 3.61. The number of nitro benzene ring substituents is 1. The molecule has 0 aromatic heterocycles. The minimum absolute atomic E-state index is 0.0643. The topological polar surface area (TPSA) is 69.4 Å². The van der Waals surface area contributed by atoms with E-state index in [0.29, 0.717) is 36.5 Å². The molecule has 19 heavy (non-hydrogen) atoms. The molecule has 1 saturated carbocycles. The van der Waals surface area contributed by atoms with Crippen LogP contribution in [-0.4, -0.2) is 17.3 Å². The van der Waals surface area contributed by atoms with Gasteiger partial charge in [-0.15, -0.1) is 0 Å². The molecule has 2 rings (SSSR count). The number of ketones is 1. The normalized spacial score (nSPS) is 18.6. The zero-order valence-electron chi connectivity index (χ0n) is 10.9. The van der Waals surface area contributed by atoms with Gasteiger partial charge in [0.1, 0.15) is 11.5 Å². The Kier molecular flexibility index (Phi) is 4.14. The number of rotatable bonds is 5. The second-order valence-electron chi connectivity index (χ2n) is 4.85. The molecule has 1 aliphatic carbocycles. The maximum Gasteiger partial charge on any atom is 0.276 e. The van der Waals surface area contributed by atoms with Gasteiger partial charge in [-0.05, 0) is 32.3 Å². The number of nitro groups is 1. The maximum absolute atomic E-state index is 11.5. The van der Waals surface area contributed by atoms with Crippen LogP contribution in [0.5, 0.6) is 5.75 Å². The van der Waals surface area contributed by atoms with Gasteiger partial charge in [-0.1, -0.05) is 6.07 Å². The SMILES string of the molecule is Cc1c(OCCC2CCCC2=O)cccc1[N+](=O)[O-]. The lowest BCUT2D eigenvalue weighted by molar-refractivity contribution is -0.385. The summed E-state index contributed by atoms with van der Waals surface area (Å²) in [6.45, 7) is 2.10. The van der Waals surface area contributed by atoms with Crippen LogP contribution in [-0.2, 0) is 4.79 Å². The first-order valence-corrected chi connectivity index (χ1v) is 6.49. The van der Waals surface area contributed by atoms with Crippen molar-refractivity contribution < 1.29 is 14.5 Å². The fourth-order valence-corrected chi connectivity index (χ4v) is 2.46. The Morgan fingerprint density at radius 2 is 2.26 bits per heavy atom. The van der Waals surface area contributed by atoms with Crippen molar-refractivity contribution in [3.05, 3.63) is 33.9 Å². The van der Waals surface area contributed by atoms with E-state index in [4.69, 9.17) is 4.74 Å². The number of carbonyl (C=O) groups is 1. The molecule has 1 aromatic rings. The molecule has 0 amide bonds. The molecular formula is C14H17NO4. The molecule has 1 fully saturated rings. The van der Waals surface area contributed by atoms with Crippen molar-refractivity contribution in [2.24, 2.45) is 5.92 Å². The van der Waals surface area contributed by atoms with E-state index in [1.807, 2.05) is 0 Å². The predicted octanol–water partition coefficient (Wildman–Crippen LogP) is 3.04. The highest BCUT2D eigenvalue weighted by Gasteiger charge is 2.24. The molecule has 0 heterocycles. The van der Waals surface area contributed by atoms with Gasteiger partial charge in [-0.2, -0.15) is 0 Å². The molecular weight excluding hydrogens is 246 g/mol. The molecule has 1 atom stereocenters. The molecule has 1 aromatic carbocycles. The van der Waals surface area contributed by atoms with Gasteiger partial charge in [-0.25, -0.2) is 0 Å². The molecule has 0 N–H and O–H groups in total. The van der Waals surface area contributed by atoms with Gasteiger partial charge in [0.25, 0.3) is 5.69 Å². The summed E-state index contributed by atoms with van der Waals surface area (Å²) in [5, 5.41) is 10.8. The van der Waals surface area contributed by atoms with Gasteiger partial charge in [0.15, 0.2) is 0 Å². The third-order valence-electron chi connectivity index (χ3n) is 3.61. The summed E-state index contributed by atoms with van der Waals surface area (Å²) in [5.41, 5.74) is 0.597. The van der Waals surface area contributed by atoms with Crippen LogP contribution in [0, 0.1) is 23.0 Å². The van der Waals surface area contributed by atoms with Gasteiger partial charge >= 0.3 is 0 Å². The first kappa shape index (κ1) is 13.5. The second kappa shape index (κ2) is 5.82. The number of Topliss-reactive ketones (excluding diaryl/α,β-unsaturated/α-hetero) is 1. The molecule has 5 nitrogen and oxygen atoms in total. The lowest BCUT2D eigenvalue weighted by Crippen LogP contribution is -2.11. The van der Waals surface area contributed by atoms with Crippen LogP contribution in [0.2, 0.25) is 0 Å².